The number of nitrogens with zero attached hydrogens (tertiary/aromatic N) is 1. The molecule has 1 N–H and O–H groups in total. The molecule has 0 saturated carbocycles. The lowest BCUT2D eigenvalue weighted by Crippen LogP contribution is -2.49. The predicted molar refractivity (Wildman–Crippen MR) is 119 cm³/mol. The summed E-state index contributed by atoms with van der Waals surface area (Å²) in [6, 6.07) is 14.7. The molecule has 0 saturated heterocycles. The highest BCUT2D eigenvalue weighted by Crippen LogP contribution is 2.18. The number of benzene rings is 2. The number of rotatable bonds is 10. The number of carbonyl (C=O) groups is 2. The third-order valence-corrected chi connectivity index (χ3v) is 5.24. The molecular weight excluding hydrogens is 432 g/mol. The number of unbranched alkanes of at least 4 members (excludes halogenated alkanes) is 1. The van der Waals surface area contributed by atoms with Crippen molar-refractivity contribution in [3.63, 3.8) is 0 Å². The van der Waals surface area contributed by atoms with Crippen molar-refractivity contribution in [3.05, 3.63) is 64.1 Å². The van der Waals surface area contributed by atoms with Crippen LogP contribution in [-0.4, -0.2) is 35.9 Å². The van der Waals surface area contributed by atoms with Gasteiger partial charge in [0.2, 0.25) is 5.91 Å². The van der Waals surface area contributed by atoms with Crippen LogP contribution in [0.4, 0.5) is 0 Å². The van der Waals surface area contributed by atoms with E-state index in [2.05, 4.69) is 28.2 Å². The number of hydrogen-bond donors (Lipinski definition) is 1. The Hall–Kier alpha value is -2.34. The Morgan fingerprint density at radius 1 is 1.14 bits per heavy atom. The Bertz CT molecular complexity index is 808. The highest BCUT2D eigenvalue weighted by molar-refractivity contribution is 9.10. The zero-order chi connectivity index (χ0) is 21.2. The smallest absolute Gasteiger partial charge is 0.261 e. The van der Waals surface area contributed by atoms with Crippen LogP contribution >= 0.6 is 15.9 Å². The Morgan fingerprint density at radius 3 is 2.48 bits per heavy atom. The van der Waals surface area contributed by atoms with Gasteiger partial charge in [-0.1, -0.05) is 59.6 Å². The molecule has 0 bridgehead atoms. The standard InChI is InChI=1S/C23H29BrN2O3/c1-4-5-14-25-23(28)18(3)26(15-19-10-12-20(24)13-11-19)22(27)16-29-21-9-7-6-8-17(21)2/h6-13,18H,4-5,14-16H2,1-3H3,(H,25,28). The molecule has 29 heavy (non-hydrogen) atoms. The van der Waals surface area contributed by atoms with E-state index in [-0.39, 0.29) is 18.4 Å². The Labute approximate surface area is 181 Å². The summed E-state index contributed by atoms with van der Waals surface area (Å²) in [7, 11) is 0. The summed E-state index contributed by atoms with van der Waals surface area (Å²) in [5, 5.41) is 2.92. The number of carbonyl (C=O) groups excluding carboxylic acids is 2. The molecule has 0 aliphatic rings. The van der Waals surface area contributed by atoms with Gasteiger partial charge in [0.25, 0.3) is 5.91 Å². The highest BCUT2D eigenvalue weighted by atomic mass is 79.9. The van der Waals surface area contributed by atoms with Crippen molar-refractivity contribution in [1.29, 1.82) is 0 Å². The molecule has 0 aliphatic carbocycles. The minimum absolute atomic E-state index is 0.117. The summed E-state index contributed by atoms with van der Waals surface area (Å²) in [5.41, 5.74) is 1.91. The van der Waals surface area contributed by atoms with Crippen LogP contribution in [-0.2, 0) is 16.1 Å². The van der Waals surface area contributed by atoms with Crippen molar-refractivity contribution in [2.45, 2.75) is 46.2 Å². The lowest BCUT2D eigenvalue weighted by Gasteiger charge is -2.29. The van der Waals surface area contributed by atoms with Crippen molar-refractivity contribution in [2.75, 3.05) is 13.2 Å². The van der Waals surface area contributed by atoms with E-state index in [0.717, 1.165) is 28.4 Å². The Balaban J connectivity index is 2.11. The summed E-state index contributed by atoms with van der Waals surface area (Å²) in [6.45, 7) is 6.59. The van der Waals surface area contributed by atoms with Gasteiger partial charge >= 0.3 is 0 Å². The molecule has 0 fully saturated rings. The number of para-hydroxylation sites is 1. The molecule has 5 nitrogen and oxygen atoms in total. The molecule has 0 spiro atoms. The number of hydrogen-bond acceptors (Lipinski definition) is 3. The van der Waals surface area contributed by atoms with Crippen molar-refractivity contribution < 1.29 is 14.3 Å². The topological polar surface area (TPSA) is 58.6 Å². The molecule has 0 aliphatic heterocycles. The second-order valence-electron chi connectivity index (χ2n) is 7.02. The van der Waals surface area contributed by atoms with Gasteiger partial charge in [-0.3, -0.25) is 9.59 Å². The summed E-state index contributed by atoms with van der Waals surface area (Å²) in [5.74, 6) is 0.290. The van der Waals surface area contributed by atoms with E-state index in [0.29, 0.717) is 18.8 Å². The van der Waals surface area contributed by atoms with Gasteiger partial charge in [0.15, 0.2) is 6.61 Å². The molecule has 2 aromatic rings. The minimum atomic E-state index is -0.594. The van der Waals surface area contributed by atoms with Crippen LogP contribution < -0.4 is 10.1 Å². The van der Waals surface area contributed by atoms with E-state index in [1.807, 2.05) is 55.5 Å². The van der Waals surface area contributed by atoms with Gasteiger partial charge in [0.05, 0.1) is 0 Å². The third kappa shape index (κ3) is 7.20. The van der Waals surface area contributed by atoms with Crippen LogP contribution in [0.2, 0.25) is 0 Å². The summed E-state index contributed by atoms with van der Waals surface area (Å²) >= 11 is 3.42. The van der Waals surface area contributed by atoms with Crippen molar-refractivity contribution in [1.82, 2.24) is 10.2 Å². The molecule has 2 aromatic carbocycles. The normalized spacial score (nSPS) is 11.6. The first-order chi connectivity index (χ1) is 13.9. The quantitative estimate of drug-likeness (QED) is 0.532. The molecule has 2 rings (SSSR count). The molecular formula is C23H29BrN2O3. The van der Waals surface area contributed by atoms with Gasteiger partial charge in [0, 0.05) is 17.6 Å². The second kappa shape index (κ2) is 11.6. The fourth-order valence-corrected chi connectivity index (χ4v) is 3.11. The molecule has 1 unspecified atom stereocenters. The predicted octanol–water partition coefficient (Wildman–Crippen LogP) is 4.47. The number of amides is 2. The molecule has 156 valence electrons. The van der Waals surface area contributed by atoms with Gasteiger partial charge in [-0.25, -0.2) is 0 Å². The van der Waals surface area contributed by atoms with Crippen LogP contribution in [0, 0.1) is 6.92 Å². The molecule has 6 heteroatoms. The summed E-state index contributed by atoms with van der Waals surface area (Å²) < 4.78 is 6.70. The van der Waals surface area contributed by atoms with Crippen LogP contribution in [0.1, 0.15) is 37.8 Å². The third-order valence-electron chi connectivity index (χ3n) is 4.71. The SMILES string of the molecule is CCCCNC(=O)C(C)N(Cc1ccc(Br)cc1)C(=O)COc1ccccc1C. The first kappa shape index (κ1) is 22.9. The van der Waals surface area contributed by atoms with E-state index >= 15 is 0 Å². The fraction of sp³-hybridized carbons (Fsp3) is 0.391. The molecule has 0 heterocycles. The van der Waals surface area contributed by atoms with Crippen LogP contribution in [0.5, 0.6) is 5.75 Å². The van der Waals surface area contributed by atoms with E-state index in [9.17, 15) is 9.59 Å². The van der Waals surface area contributed by atoms with Gasteiger partial charge in [-0.05, 0) is 49.6 Å². The van der Waals surface area contributed by atoms with Crippen LogP contribution in [0.3, 0.4) is 0 Å². The molecule has 2 amide bonds. The lowest BCUT2D eigenvalue weighted by atomic mass is 10.1. The van der Waals surface area contributed by atoms with E-state index < -0.39 is 6.04 Å². The van der Waals surface area contributed by atoms with Crippen LogP contribution in [0.15, 0.2) is 53.0 Å². The van der Waals surface area contributed by atoms with E-state index in [1.54, 1.807) is 11.8 Å². The van der Waals surface area contributed by atoms with Gasteiger partial charge in [-0.15, -0.1) is 0 Å². The van der Waals surface area contributed by atoms with Crippen LogP contribution in [0.25, 0.3) is 0 Å². The zero-order valence-electron chi connectivity index (χ0n) is 17.3. The lowest BCUT2D eigenvalue weighted by molar-refractivity contribution is -0.142. The number of nitrogens with one attached hydrogen (secondary N) is 1. The van der Waals surface area contributed by atoms with Gasteiger partial charge in [-0.2, -0.15) is 0 Å². The number of ether oxygens (including phenoxy) is 1. The van der Waals surface area contributed by atoms with Gasteiger partial charge < -0.3 is 15.0 Å². The maximum atomic E-state index is 13.0. The first-order valence-electron chi connectivity index (χ1n) is 9.92. The molecule has 0 aromatic heterocycles. The van der Waals surface area contributed by atoms with Crippen molar-refractivity contribution in [2.24, 2.45) is 0 Å². The number of aryl methyl sites for hydroxylation is 1. The average molecular weight is 461 g/mol. The van der Waals surface area contributed by atoms with E-state index in [1.165, 1.54) is 0 Å². The maximum absolute atomic E-state index is 13.0. The maximum Gasteiger partial charge on any atom is 0.261 e. The van der Waals surface area contributed by atoms with Crippen molar-refractivity contribution >= 4 is 27.7 Å². The number of halogens is 1. The van der Waals surface area contributed by atoms with Crippen molar-refractivity contribution in [3.8, 4) is 5.75 Å². The minimum Gasteiger partial charge on any atom is -0.484 e. The Kier molecular flexibility index (Phi) is 9.19. The largest absolute Gasteiger partial charge is 0.484 e. The molecule has 0 radical (unpaired) electrons. The zero-order valence-corrected chi connectivity index (χ0v) is 18.9. The Morgan fingerprint density at radius 2 is 1.83 bits per heavy atom. The first-order valence-corrected chi connectivity index (χ1v) is 10.7. The fourth-order valence-electron chi connectivity index (χ4n) is 2.85. The molecule has 1 atom stereocenters. The highest BCUT2D eigenvalue weighted by Gasteiger charge is 2.26. The van der Waals surface area contributed by atoms with Gasteiger partial charge in [0.1, 0.15) is 11.8 Å². The monoisotopic (exact) mass is 460 g/mol. The summed E-state index contributed by atoms with van der Waals surface area (Å²) in [6.07, 6.45) is 1.91. The average Bonchev–Trinajstić information content (AvgIpc) is 2.72. The summed E-state index contributed by atoms with van der Waals surface area (Å²) in [4.78, 5) is 27.1. The van der Waals surface area contributed by atoms with E-state index in [4.69, 9.17) is 4.74 Å². The second-order valence-corrected chi connectivity index (χ2v) is 7.94.